The predicted molar refractivity (Wildman–Crippen MR) is 59.3 cm³/mol. The molecule has 0 amide bonds. The molecule has 72 valence electrons. The maximum Gasteiger partial charge on any atom is -0.00933 e. The van der Waals surface area contributed by atoms with Crippen LogP contribution in [0.5, 0.6) is 0 Å². The Labute approximate surface area is 85.6 Å². The van der Waals surface area contributed by atoms with E-state index in [1.165, 1.54) is 18.4 Å². The molecule has 0 heteroatoms. The van der Waals surface area contributed by atoms with Crippen molar-refractivity contribution in [3.05, 3.63) is 47.5 Å². The van der Waals surface area contributed by atoms with Crippen molar-refractivity contribution < 1.29 is 0 Å². The van der Waals surface area contributed by atoms with Crippen molar-refractivity contribution in [1.82, 2.24) is 0 Å². The Hall–Kier alpha value is -1.04. The molecule has 0 bridgehead atoms. The lowest BCUT2D eigenvalue weighted by molar-refractivity contribution is 0.689. The topological polar surface area (TPSA) is 0 Å². The Bertz CT molecular complexity index is 361. The van der Waals surface area contributed by atoms with E-state index in [0.717, 1.165) is 17.8 Å². The second-order valence-corrected chi connectivity index (χ2v) is 4.71. The van der Waals surface area contributed by atoms with E-state index < -0.39 is 0 Å². The van der Waals surface area contributed by atoms with Crippen molar-refractivity contribution in [2.45, 2.75) is 25.7 Å². The standard InChI is InChI=1S/C14H16/c1-10-5-4-6-11(9-10)14-12-7-2-3-8-13(12)14/h2-6,9,12-14H,7-8H2,1H3. The van der Waals surface area contributed by atoms with Gasteiger partial charge < -0.3 is 0 Å². The van der Waals surface area contributed by atoms with E-state index in [0.29, 0.717) is 0 Å². The van der Waals surface area contributed by atoms with Crippen LogP contribution in [0.2, 0.25) is 0 Å². The molecule has 0 aromatic heterocycles. The van der Waals surface area contributed by atoms with Gasteiger partial charge in [-0.2, -0.15) is 0 Å². The van der Waals surface area contributed by atoms with Gasteiger partial charge in [0.15, 0.2) is 0 Å². The minimum atomic E-state index is 0.866. The highest BCUT2D eigenvalue weighted by Gasteiger charge is 2.49. The Morgan fingerprint density at radius 1 is 1.07 bits per heavy atom. The van der Waals surface area contributed by atoms with Crippen LogP contribution in [0.15, 0.2) is 36.4 Å². The van der Waals surface area contributed by atoms with Crippen molar-refractivity contribution in [1.29, 1.82) is 0 Å². The smallest absolute Gasteiger partial charge is 0.00933 e. The van der Waals surface area contributed by atoms with Crippen LogP contribution in [0, 0.1) is 18.8 Å². The molecule has 0 aliphatic heterocycles. The minimum Gasteiger partial charge on any atom is -0.0882 e. The first kappa shape index (κ1) is 8.28. The molecule has 1 aromatic carbocycles. The SMILES string of the molecule is Cc1cccc(C2C3CC=CCC32)c1. The highest BCUT2D eigenvalue weighted by Crippen LogP contribution is 2.59. The van der Waals surface area contributed by atoms with Gasteiger partial charge >= 0.3 is 0 Å². The van der Waals surface area contributed by atoms with Crippen LogP contribution in [0.1, 0.15) is 29.9 Å². The lowest BCUT2D eigenvalue weighted by Gasteiger charge is -2.00. The number of aryl methyl sites for hydroxylation is 1. The highest BCUT2D eigenvalue weighted by atomic mass is 14.5. The lowest BCUT2D eigenvalue weighted by atomic mass is 10.1. The monoisotopic (exact) mass is 184 g/mol. The molecule has 0 radical (unpaired) electrons. The average molecular weight is 184 g/mol. The van der Waals surface area contributed by atoms with Crippen LogP contribution in [0.4, 0.5) is 0 Å². The fourth-order valence-corrected chi connectivity index (χ4v) is 2.97. The molecule has 1 aromatic rings. The first-order chi connectivity index (χ1) is 6.86. The van der Waals surface area contributed by atoms with Crippen LogP contribution in [-0.4, -0.2) is 0 Å². The van der Waals surface area contributed by atoms with Crippen LogP contribution in [0.25, 0.3) is 0 Å². The molecule has 1 saturated carbocycles. The summed E-state index contributed by atoms with van der Waals surface area (Å²) in [6.07, 6.45) is 7.33. The van der Waals surface area contributed by atoms with E-state index in [2.05, 4.69) is 43.3 Å². The van der Waals surface area contributed by atoms with E-state index in [-0.39, 0.29) is 0 Å². The Kier molecular flexibility index (Phi) is 1.76. The Morgan fingerprint density at radius 3 is 2.43 bits per heavy atom. The molecule has 2 unspecified atom stereocenters. The zero-order valence-electron chi connectivity index (χ0n) is 8.61. The molecule has 1 fully saturated rings. The zero-order chi connectivity index (χ0) is 9.54. The van der Waals surface area contributed by atoms with Crippen LogP contribution in [-0.2, 0) is 0 Å². The second kappa shape index (κ2) is 2.98. The maximum absolute atomic E-state index is 2.36. The fraction of sp³-hybridized carbons (Fsp3) is 0.429. The molecule has 2 aliphatic carbocycles. The van der Waals surface area contributed by atoms with Gasteiger partial charge in [0.25, 0.3) is 0 Å². The molecule has 0 N–H and O–H groups in total. The van der Waals surface area contributed by atoms with Crippen molar-refractivity contribution >= 4 is 0 Å². The lowest BCUT2D eigenvalue weighted by Crippen LogP contribution is -1.83. The summed E-state index contributed by atoms with van der Waals surface area (Å²) in [5.41, 5.74) is 2.97. The van der Waals surface area contributed by atoms with E-state index in [1.807, 2.05) is 0 Å². The number of benzene rings is 1. The molecule has 14 heavy (non-hydrogen) atoms. The number of allylic oxidation sites excluding steroid dienone is 2. The summed E-state index contributed by atoms with van der Waals surface area (Å²) in [4.78, 5) is 0. The number of hydrogen-bond acceptors (Lipinski definition) is 0. The third kappa shape index (κ3) is 1.21. The van der Waals surface area contributed by atoms with Gasteiger partial charge in [0.2, 0.25) is 0 Å². The van der Waals surface area contributed by atoms with Crippen LogP contribution in [0.3, 0.4) is 0 Å². The third-order valence-corrected chi connectivity index (χ3v) is 3.74. The average Bonchev–Trinajstić information content (AvgIpc) is 2.91. The largest absolute Gasteiger partial charge is 0.0882 e. The number of fused-ring (bicyclic) bond motifs is 1. The minimum absolute atomic E-state index is 0.866. The fourth-order valence-electron chi connectivity index (χ4n) is 2.97. The highest BCUT2D eigenvalue weighted by molar-refractivity contribution is 5.33. The summed E-state index contributed by atoms with van der Waals surface area (Å²) in [5.74, 6) is 2.79. The van der Waals surface area contributed by atoms with E-state index >= 15 is 0 Å². The van der Waals surface area contributed by atoms with Gasteiger partial charge in [-0.15, -0.1) is 0 Å². The molecule has 2 aliphatic rings. The molecular weight excluding hydrogens is 168 g/mol. The Balaban J connectivity index is 1.85. The molecule has 0 nitrogen and oxygen atoms in total. The predicted octanol–water partition coefficient (Wildman–Crippen LogP) is 3.67. The second-order valence-electron chi connectivity index (χ2n) is 4.71. The summed E-state index contributed by atoms with van der Waals surface area (Å²) in [6.45, 7) is 2.19. The summed E-state index contributed by atoms with van der Waals surface area (Å²) in [5, 5.41) is 0. The van der Waals surface area contributed by atoms with E-state index in [4.69, 9.17) is 0 Å². The summed E-state index contributed by atoms with van der Waals surface area (Å²) in [6, 6.07) is 9.05. The van der Waals surface area contributed by atoms with Crippen molar-refractivity contribution in [2.24, 2.45) is 11.8 Å². The van der Waals surface area contributed by atoms with Gasteiger partial charge in [-0.05, 0) is 43.1 Å². The van der Waals surface area contributed by atoms with Crippen molar-refractivity contribution in [3.8, 4) is 0 Å². The number of hydrogen-bond donors (Lipinski definition) is 0. The molecule has 3 rings (SSSR count). The van der Waals surface area contributed by atoms with Gasteiger partial charge in [0.05, 0.1) is 0 Å². The van der Waals surface area contributed by atoms with Gasteiger partial charge in [-0.1, -0.05) is 42.0 Å². The van der Waals surface area contributed by atoms with Crippen molar-refractivity contribution in [3.63, 3.8) is 0 Å². The molecule has 0 saturated heterocycles. The summed E-state index contributed by atoms with van der Waals surface area (Å²) >= 11 is 0. The first-order valence-electron chi connectivity index (χ1n) is 5.58. The quantitative estimate of drug-likeness (QED) is 0.584. The summed E-state index contributed by atoms with van der Waals surface area (Å²) < 4.78 is 0. The van der Waals surface area contributed by atoms with Crippen molar-refractivity contribution in [2.75, 3.05) is 0 Å². The third-order valence-electron chi connectivity index (χ3n) is 3.74. The Morgan fingerprint density at radius 2 is 1.79 bits per heavy atom. The maximum atomic E-state index is 2.36. The zero-order valence-corrected chi connectivity index (χ0v) is 8.61. The van der Waals surface area contributed by atoms with Crippen LogP contribution >= 0.6 is 0 Å². The summed E-state index contributed by atoms with van der Waals surface area (Å²) in [7, 11) is 0. The molecule has 2 atom stereocenters. The van der Waals surface area contributed by atoms with Gasteiger partial charge in [0.1, 0.15) is 0 Å². The normalized spacial score (nSPS) is 33.9. The molecule has 0 heterocycles. The van der Waals surface area contributed by atoms with Gasteiger partial charge in [0, 0.05) is 0 Å². The molecule has 0 spiro atoms. The van der Waals surface area contributed by atoms with E-state index in [1.54, 1.807) is 5.56 Å². The van der Waals surface area contributed by atoms with Crippen LogP contribution < -0.4 is 0 Å². The van der Waals surface area contributed by atoms with Gasteiger partial charge in [-0.3, -0.25) is 0 Å². The molecular formula is C14H16. The van der Waals surface area contributed by atoms with Gasteiger partial charge in [-0.25, -0.2) is 0 Å². The van der Waals surface area contributed by atoms with E-state index in [9.17, 15) is 0 Å². The first-order valence-corrected chi connectivity index (χ1v) is 5.58. The number of rotatable bonds is 1.